The van der Waals surface area contributed by atoms with Crippen molar-refractivity contribution in [2.24, 2.45) is 0 Å². The lowest BCUT2D eigenvalue weighted by atomic mass is 10.1. The molecule has 1 N–H and O–H groups in total. The first kappa shape index (κ1) is 14.4. The molecule has 0 aliphatic heterocycles. The average Bonchev–Trinajstić information content (AvgIpc) is 2.69. The van der Waals surface area contributed by atoms with Crippen LogP contribution in [-0.4, -0.2) is 43.8 Å². The Labute approximate surface area is 107 Å². The zero-order chi connectivity index (χ0) is 12.8. The molecule has 17 heavy (non-hydrogen) atoms. The Morgan fingerprint density at radius 1 is 1.53 bits per heavy atom. The minimum absolute atomic E-state index is 0.00635. The van der Waals surface area contributed by atoms with Crippen LogP contribution in [0.25, 0.3) is 0 Å². The molecule has 98 valence electrons. The molecule has 2 unspecified atom stereocenters. The summed E-state index contributed by atoms with van der Waals surface area (Å²) in [6, 6.07) is 0.00635. The summed E-state index contributed by atoms with van der Waals surface area (Å²) in [6.07, 6.45) is 1.66. The van der Waals surface area contributed by atoms with Crippen LogP contribution in [0.4, 0.5) is 0 Å². The maximum absolute atomic E-state index is 6.18. The topological polar surface area (TPSA) is 48.3 Å². The number of halogens is 1. The van der Waals surface area contributed by atoms with Gasteiger partial charge in [0.15, 0.2) is 0 Å². The minimum Gasteiger partial charge on any atom is -0.383 e. The number of likely N-dealkylation sites (N-methyl/N-ethyl adjacent to an activating group) is 1. The fourth-order valence-electron chi connectivity index (χ4n) is 1.77. The Balaban J connectivity index is 2.96. The fraction of sp³-hybridized carbons (Fsp3) is 0.727. The second-order valence-corrected chi connectivity index (χ2v) is 4.21. The number of nitrogens with one attached hydrogen (secondary N) is 1. The van der Waals surface area contributed by atoms with Crippen molar-refractivity contribution < 1.29 is 9.47 Å². The molecule has 0 radical (unpaired) electrons. The Morgan fingerprint density at radius 2 is 2.24 bits per heavy atom. The second kappa shape index (κ2) is 6.96. The molecule has 0 spiro atoms. The molecule has 0 saturated carbocycles. The van der Waals surface area contributed by atoms with E-state index in [1.165, 1.54) is 0 Å². The third kappa shape index (κ3) is 3.42. The van der Waals surface area contributed by atoms with Crippen molar-refractivity contribution in [1.29, 1.82) is 0 Å². The van der Waals surface area contributed by atoms with Gasteiger partial charge in [-0.15, -0.1) is 0 Å². The standard InChI is InChI=1S/C11H20ClN3O2/c1-8(17-4)10(13-2)11-9(12)7-14-15(11)5-6-16-3/h7-8,10,13H,5-6H2,1-4H3. The van der Waals surface area contributed by atoms with Crippen LogP contribution in [0, 0.1) is 0 Å². The quantitative estimate of drug-likeness (QED) is 0.808. The van der Waals surface area contributed by atoms with Gasteiger partial charge in [0.05, 0.1) is 42.2 Å². The number of nitrogens with zero attached hydrogens (tertiary/aromatic N) is 2. The van der Waals surface area contributed by atoms with Gasteiger partial charge in [-0.05, 0) is 14.0 Å². The number of hydrogen-bond acceptors (Lipinski definition) is 4. The van der Waals surface area contributed by atoms with E-state index >= 15 is 0 Å². The number of rotatable bonds is 7. The third-order valence-electron chi connectivity index (χ3n) is 2.79. The van der Waals surface area contributed by atoms with Crippen molar-refractivity contribution in [3.8, 4) is 0 Å². The van der Waals surface area contributed by atoms with E-state index in [-0.39, 0.29) is 12.1 Å². The van der Waals surface area contributed by atoms with Crippen molar-refractivity contribution >= 4 is 11.6 Å². The summed E-state index contributed by atoms with van der Waals surface area (Å²) in [5, 5.41) is 8.09. The first-order valence-electron chi connectivity index (χ1n) is 5.55. The lowest BCUT2D eigenvalue weighted by molar-refractivity contribution is 0.0818. The molecule has 0 aliphatic rings. The van der Waals surface area contributed by atoms with E-state index in [0.29, 0.717) is 18.2 Å². The predicted molar refractivity (Wildman–Crippen MR) is 67.4 cm³/mol. The van der Waals surface area contributed by atoms with Crippen LogP contribution in [0.2, 0.25) is 5.02 Å². The van der Waals surface area contributed by atoms with Crippen LogP contribution < -0.4 is 5.32 Å². The van der Waals surface area contributed by atoms with E-state index in [1.807, 2.05) is 18.7 Å². The van der Waals surface area contributed by atoms with Gasteiger partial charge >= 0.3 is 0 Å². The van der Waals surface area contributed by atoms with Crippen LogP contribution in [0.15, 0.2) is 6.20 Å². The van der Waals surface area contributed by atoms with Crippen LogP contribution in [0.3, 0.4) is 0 Å². The first-order valence-corrected chi connectivity index (χ1v) is 5.93. The summed E-state index contributed by atoms with van der Waals surface area (Å²) in [5.74, 6) is 0. The number of hydrogen-bond donors (Lipinski definition) is 1. The molecular formula is C11H20ClN3O2. The molecule has 1 heterocycles. The average molecular weight is 262 g/mol. The van der Waals surface area contributed by atoms with Gasteiger partial charge in [0.2, 0.25) is 0 Å². The van der Waals surface area contributed by atoms with E-state index < -0.39 is 0 Å². The highest BCUT2D eigenvalue weighted by Crippen LogP contribution is 2.26. The smallest absolute Gasteiger partial charge is 0.0835 e. The van der Waals surface area contributed by atoms with Gasteiger partial charge in [-0.1, -0.05) is 11.6 Å². The Hall–Kier alpha value is -0.620. The summed E-state index contributed by atoms with van der Waals surface area (Å²) in [5.41, 5.74) is 0.931. The van der Waals surface area contributed by atoms with Gasteiger partial charge in [0, 0.05) is 14.2 Å². The van der Waals surface area contributed by atoms with Crippen molar-refractivity contribution in [2.45, 2.75) is 25.6 Å². The Kier molecular flexibility index (Phi) is 5.91. The molecule has 6 heteroatoms. The van der Waals surface area contributed by atoms with Crippen LogP contribution in [0.5, 0.6) is 0 Å². The molecule has 1 rings (SSSR count). The predicted octanol–water partition coefficient (Wildman–Crippen LogP) is 1.48. The SMILES string of the molecule is CNC(c1c(Cl)cnn1CCOC)C(C)OC. The molecule has 0 saturated heterocycles. The molecule has 5 nitrogen and oxygen atoms in total. The minimum atomic E-state index is 0.00635. The van der Waals surface area contributed by atoms with Gasteiger partial charge in [-0.25, -0.2) is 0 Å². The Bertz CT molecular complexity index is 343. The summed E-state index contributed by atoms with van der Waals surface area (Å²) < 4.78 is 12.3. The van der Waals surface area contributed by atoms with Crippen molar-refractivity contribution in [3.63, 3.8) is 0 Å². The number of ether oxygens (including phenoxy) is 2. The highest BCUT2D eigenvalue weighted by atomic mass is 35.5. The van der Waals surface area contributed by atoms with E-state index in [1.54, 1.807) is 20.4 Å². The monoisotopic (exact) mass is 261 g/mol. The van der Waals surface area contributed by atoms with E-state index in [2.05, 4.69) is 10.4 Å². The van der Waals surface area contributed by atoms with Crippen molar-refractivity contribution in [3.05, 3.63) is 16.9 Å². The summed E-state index contributed by atoms with van der Waals surface area (Å²) in [7, 11) is 5.22. The van der Waals surface area contributed by atoms with E-state index in [9.17, 15) is 0 Å². The van der Waals surface area contributed by atoms with Gasteiger partial charge in [-0.2, -0.15) is 5.10 Å². The molecule has 0 aromatic carbocycles. The molecule has 0 amide bonds. The van der Waals surface area contributed by atoms with Gasteiger partial charge in [0.25, 0.3) is 0 Å². The maximum atomic E-state index is 6.18. The Morgan fingerprint density at radius 3 is 2.76 bits per heavy atom. The van der Waals surface area contributed by atoms with Crippen molar-refractivity contribution in [2.75, 3.05) is 27.9 Å². The van der Waals surface area contributed by atoms with Gasteiger partial charge in [-0.3, -0.25) is 4.68 Å². The van der Waals surface area contributed by atoms with Gasteiger partial charge in [0.1, 0.15) is 0 Å². The maximum Gasteiger partial charge on any atom is 0.0835 e. The summed E-state index contributed by atoms with van der Waals surface area (Å²) in [4.78, 5) is 0. The zero-order valence-electron chi connectivity index (χ0n) is 10.7. The molecule has 1 aromatic rings. The van der Waals surface area contributed by atoms with Crippen LogP contribution in [-0.2, 0) is 16.0 Å². The third-order valence-corrected chi connectivity index (χ3v) is 3.08. The van der Waals surface area contributed by atoms with Crippen LogP contribution in [0.1, 0.15) is 18.7 Å². The second-order valence-electron chi connectivity index (χ2n) is 3.80. The molecule has 2 atom stereocenters. The highest BCUT2D eigenvalue weighted by molar-refractivity contribution is 6.31. The molecule has 1 aromatic heterocycles. The first-order chi connectivity index (χ1) is 8.15. The van der Waals surface area contributed by atoms with E-state index in [0.717, 1.165) is 5.69 Å². The summed E-state index contributed by atoms with van der Waals surface area (Å²) in [6.45, 7) is 3.27. The summed E-state index contributed by atoms with van der Waals surface area (Å²) >= 11 is 6.18. The largest absolute Gasteiger partial charge is 0.383 e. The van der Waals surface area contributed by atoms with Crippen LogP contribution >= 0.6 is 11.6 Å². The lowest BCUT2D eigenvalue weighted by Gasteiger charge is -2.23. The zero-order valence-corrected chi connectivity index (χ0v) is 11.5. The molecule has 0 bridgehead atoms. The van der Waals surface area contributed by atoms with E-state index in [4.69, 9.17) is 21.1 Å². The van der Waals surface area contributed by atoms with Gasteiger partial charge < -0.3 is 14.8 Å². The number of aromatic nitrogens is 2. The number of methoxy groups -OCH3 is 2. The molecule has 0 fully saturated rings. The van der Waals surface area contributed by atoms with Crippen molar-refractivity contribution in [1.82, 2.24) is 15.1 Å². The fourth-order valence-corrected chi connectivity index (χ4v) is 2.03. The highest BCUT2D eigenvalue weighted by Gasteiger charge is 2.24. The molecular weight excluding hydrogens is 242 g/mol. The normalized spacial score (nSPS) is 14.9. The molecule has 0 aliphatic carbocycles. The lowest BCUT2D eigenvalue weighted by Crippen LogP contribution is -2.31.